The fraction of sp³-hybridized carbons (Fsp3) is 0.111. The summed E-state index contributed by atoms with van der Waals surface area (Å²) in [7, 11) is 0. The van der Waals surface area contributed by atoms with E-state index in [4.69, 9.17) is 15.0 Å². The number of aliphatic carboxylic acids is 2. The maximum absolute atomic E-state index is 11.7. The highest BCUT2D eigenvalue weighted by Crippen LogP contribution is 2.34. The normalized spacial score (nSPS) is 10.4. The molecule has 10 nitrogen and oxygen atoms in total. The van der Waals surface area contributed by atoms with Gasteiger partial charge in [0.15, 0.2) is 0 Å². The molecule has 0 heterocycles. The van der Waals surface area contributed by atoms with Crippen molar-refractivity contribution in [2.75, 3.05) is 6.61 Å². The van der Waals surface area contributed by atoms with Gasteiger partial charge in [-0.05, 0) is 12.1 Å². The number of aromatic carboxylic acids is 2. The van der Waals surface area contributed by atoms with Gasteiger partial charge in [-0.25, -0.2) is 19.2 Å². The topological polar surface area (TPSA) is 190 Å². The molecule has 0 radical (unpaired) electrons. The van der Waals surface area contributed by atoms with Crippen molar-refractivity contribution in [1.29, 1.82) is 0 Å². The molecular weight excluding hydrogens is 376 g/mol. The van der Waals surface area contributed by atoms with Crippen LogP contribution in [0.1, 0.15) is 31.8 Å². The van der Waals surface area contributed by atoms with Gasteiger partial charge in [0.05, 0.1) is 11.1 Å². The van der Waals surface area contributed by atoms with Crippen LogP contribution in [0.3, 0.4) is 0 Å². The van der Waals surface area contributed by atoms with Crippen molar-refractivity contribution in [3.05, 3.63) is 70.8 Å². The van der Waals surface area contributed by atoms with Gasteiger partial charge in [-0.3, -0.25) is 0 Å². The number of aliphatic hydroxyl groups excluding tert-OH is 1. The van der Waals surface area contributed by atoms with Crippen molar-refractivity contribution >= 4 is 23.9 Å². The van der Waals surface area contributed by atoms with Crippen LogP contribution < -0.4 is 0 Å². The van der Waals surface area contributed by atoms with E-state index in [1.165, 1.54) is 24.3 Å². The maximum atomic E-state index is 11.7. The van der Waals surface area contributed by atoms with Crippen LogP contribution in [-0.4, -0.2) is 61.1 Å². The summed E-state index contributed by atoms with van der Waals surface area (Å²) in [6.07, 6.45) is 0. The van der Waals surface area contributed by atoms with E-state index in [9.17, 15) is 34.8 Å². The molecule has 0 aliphatic carbocycles. The van der Waals surface area contributed by atoms with Crippen molar-refractivity contribution in [2.45, 2.75) is 5.60 Å². The van der Waals surface area contributed by atoms with Gasteiger partial charge in [0.2, 0.25) is 5.60 Å². The van der Waals surface area contributed by atoms with Crippen LogP contribution in [-0.2, 0) is 15.2 Å². The number of carboxylic acids is 4. The molecule has 28 heavy (non-hydrogen) atoms. The zero-order valence-corrected chi connectivity index (χ0v) is 14.1. The molecule has 0 saturated heterocycles. The molecule has 0 aliphatic rings. The van der Waals surface area contributed by atoms with Crippen LogP contribution in [0, 0.1) is 0 Å². The quantitative estimate of drug-likeness (QED) is 0.403. The van der Waals surface area contributed by atoms with Gasteiger partial charge >= 0.3 is 23.9 Å². The fourth-order valence-corrected chi connectivity index (χ4v) is 2.35. The summed E-state index contributed by atoms with van der Waals surface area (Å²) in [5.41, 5.74) is -4.53. The predicted molar refractivity (Wildman–Crippen MR) is 92.2 cm³/mol. The average molecular weight is 392 g/mol. The molecule has 0 unspecified atom stereocenters. The molecular formula is C18H16O10. The predicted octanol–water partition coefficient (Wildman–Crippen LogP) is 0.467. The van der Waals surface area contributed by atoms with Gasteiger partial charge in [-0.2, -0.15) is 0 Å². The molecule has 0 aliphatic heterocycles. The zero-order chi connectivity index (χ0) is 21.5. The third kappa shape index (κ3) is 4.69. The van der Waals surface area contributed by atoms with Gasteiger partial charge < -0.3 is 30.6 Å². The van der Waals surface area contributed by atoms with Crippen molar-refractivity contribution in [1.82, 2.24) is 0 Å². The summed E-state index contributed by atoms with van der Waals surface area (Å²) in [5.74, 6) is -5.84. The minimum absolute atomic E-state index is 0.422. The van der Waals surface area contributed by atoms with Crippen molar-refractivity contribution < 1.29 is 49.8 Å². The number of hydrogen-bond donors (Lipinski definition) is 6. The highest BCUT2D eigenvalue weighted by molar-refractivity contribution is 5.97. The average Bonchev–Trinajstić information content (AvgIpc) is 2.67. The molecule has 10 heteroatoms. The smallest absolute Gasteiger partial charge is 0.345 e. The molecule has 2 aromatic carbocycles. The summed E-state index contributed by atoms with van der Waals surface area (Å²) < 4.78 is 0. The van der Waals surface area contributed by atoms with Gasteiger partial charge in [0, 0.05) is 11.1 Å². The summed E-state index contributed by atoms with van der Waals surface area (Å²) in [4.78, 5) is 43.5. The molecule has 6 N–H and O–H groups in total. The van der Waals surface area contributed by atoms with E-state index in [-0.39, 0.29) is 0 Å². The monoisotopic (exact) mass is 392 g/mol. The summed E-state index contributed by atoms with van der Waals surface area (Å²) in [5, 5.41) is 53.7. The molecule has 0 amide bonds. The lowest BCUT2D eigenvalue weighted by atomic mass is 9.81. The van der Waals surface area contributed by atoms with Crippen molar-refractivity contribution in [3.63, 3.8) is 0 Å². The molecule has 0 spiro atoms. The van der Waals surface area contributed by atoms with Gasteiger partial charge in [0.1, 0.15) is 6.61 Å². The lowest BCUT2D eigenvalue weighted by molar-refractivity contribution is -0.155. The first-order chi connectivity index (χ1) is 13.1. The minimum Gasteiger partial charge on any atom is -0.480 e. The molecule has 0 fully saturated rings. The summed E-state index contributed by atoms with van der Waals surface area (Å²) >= 11 is 0. The molecule has 2 rings (SSSR count). The zero-order valence-electron chi connectivity index (χ0n) is 14.1. The van der Waals surface area contributed by atoms with Crippen LogP contribution in [0.25, 0.3) is 0 Å². The second kappa shape index (κ2) is 9.26. The number of rotatable bonds is 6. The fourth-order valence-electron chi connectivity index (χ4n) is 2.35. The number of carbonyl (C=O) groups is 4. The van der Waals surface area contributed by atoms with E-state index in [1.54, 1.807) is 0 Å². The first-order valence-electron chi connectivity index (χ1n) is 7.51. The van der Waals surface area contributed by atoms with Gasteiger partial charge in [-0.15, -0.1) is 0 Å². The standard InChI is InChI=1S/C16H12O7.C2H4O3/c17-13(18)9-5-1-3-7-11(9)16(23,15(21)22)12-8-4-2-6-10(12)14(19)20;3-1-2(4)5/h1-8,23H,(H,17,18)(H,19,20)(H,21,22);3H,1H2,(H,4,5). The van der Waals surface area contributed by atoms with Gasteiger partial charge in [-0.1, -0.05) is 36.4 Å². The van der Waals surface area contributed by atoms with Crippen LogP contribution in [0.5, 0.6) is 0 Å². The molecule has 0 atom stereocenters. The Bertz CT molecular complexity index is 845. The second-order valence-corrected chi connectivity index (χ2v) is 5.27. The Balaban J connectivity index is 0.000000696. The number of benzene rings is 2. The van der Waals surface area contributed by atoms with Crippen LogP contribution in [0.2, 0.25) is 0 Å². The summed E-state index contributed by atoms with van der Waals surface area (Å²) in [6, 6.07) is 10.0. The lowest BCUT2D eigenvalue weighted by Gasteiger charge is -2.27. The Labute approximate surface area is 157 Å². The SMILES string of the molecule is O=C(O)CO.O=C(O)c1ccccc1C(O)(C(=O)O)c1ccccc1C(=O)O. The Hall–Kier alpha value is -3.76. The number of carboxylic acid groups (broad SMARTS) is 4. The Morgan fingerprint density at radius 3 is 1.29 bits per heavy atom. The largest absolute Gasteiger partial charge is 0.480 e. The van der Waals surface area contributed by atoms with E-state index >= 15 is 0 Å². The van der Waals surface area contributed by atoms with E-state index in [1.807, 2.05) is 0 Å². The minimum atomic E-state index is -2.82. The third-order valence-electron chi connectivity index (χ3n) is 3.54. The molecule has 0 aromatic heterocycles. The van der Waals surface area contributed by atoms with Crippen molar-refractivity contribution in [3.8, 4) is 0 Å². The second-order valence-electron chi connectivity index (χ2n) is 5.27. The summed E-state index contributed by atoms with van der Waals surface area (Å²) in [6.45, 7) is -0.778. The van der Waals surface area contributed by atoms with Crippen LogP contribution >= 0.6 is 0 Å². The van der Waals surface area contributed by atoms with E-state index in [2.05, 4.69) is 0 Å². The number of hydrogen-bond acceptors (Lipinski definition) is 6. The first kappa shape index (κ1) is 22.3. The third-order valence-corrected chi connectivity index (χ3v) is 3.54. The lowest BCUT2D eigenvalue weighted by Crippen LogP contribution is -2.39. The highest BCUT2D eigenvalue weighted by atomic mass is 16.4. The number of aliphatic hydroxyl groups is 2. The Kier molecular flexibility index (Phi) is 7.37. The molecule has 0 saturated carbocycles. The van der Waals surface area contributed by atoms with E-state index in [0.717, 1.165) is 24.3 Å². The molecule has 148 valence electrons. The highest BCUT2D eigenvalue weighted by Gasteiger charge is 2.45. The Morgan fingerprint density at radius 2 is 1.04 bits per heavy atom. The first-order valence-corrected chi connectivity index (χ1v) is 7.51. The molecule has 2 aromatic rings. The van der Waals surface area contributed by atoms with Crippen LogP contribution in [0.4, 0.5) is 0 Å². The Morgan fingerprint density at radius 1 is 0.714 bits per heavy atom. The van der Waals surface area contributed by atoms with Crippen LogP contribution in [0.15, 0.2) is 48.5 Å². The maximum Gasteiger partial charge on any atom is 0.345 e. The molecule has 0 bridgehead atoms. The van der Waals surface area contributed by atoms with Crippen molar-refractivity contribution in [2.24, 2.45) is 0 Å². The van der Waals surface area contributed by atoms with E-state index < -0.39 is 58.3 Å². The van der Waals surface area contributed by atoms with Gasteiger partial charge in [0.25, 0.3) is 0 Å². The van der Waals surface area contributed by atoms with E-state index in [0.29, 0.717) is 0 Å².